The molecule has 3 atom stereocenters. The van der Waals surface area contributed by atoms with Crippen molar-refractivity contribution in [2.24, 2.45) is 0 Å². The predicted molar refractivity (Wildman–Crippen MR) is 152 cm³/mol. The van der Waals surface area contributed by atoms with Crippen LogP contribution < -0.4 is 5.11 Å². The second-order valence-corrected chi connectivity index (χ2v) is 10.9. The average molecular weight is 540 g/mol. The lowest BCUT2D eigenvalue weighted by Gasteiger charge is -2.52. The molecule has 0 aromatic carbocycles. The van der Waals surface area contributed by atoms with Gasteiger partial charge in [0.15, 0.2) is 12.1 Å². The Morgan fingerprint density at radius 3 is 1.39 bits per heavy atom. The quantitative estimate of drug-likeness (QED) is 0.0738. The van der Waals surface area contributed by atoms with Crippen LogP contribution in [0, 0.1) is 0 Å². The first-order valence-corrected chi connectivity index (χ1v) is 15.4. The summed E-state index contributed by atoms with van der Waals surface area (Å²) in [6.07, 6.45) is 20.0. The van der Waals surface area contributed by atoms with Gasteiger partial charge in [0, 0.05) is 19.3 Å². The maximum atomic E-state index is 12.5. The van der Waals surface area contributed by atoms with Crippen LogP contribution in [0.3, 0.4) is 0 Å². The minimum absolute atomic E-state index is 0.206. The van der Waals surface area contributed by atoms with Gasteiger partial charge in [0.05, 0.1) is 12.5 Å². The number of quaternary nitrogens is 1. The van der Waals surface area contributed by atoms with Gasteiger partial charge in [-0.25, -0.2) is 9.59 Å². The summed E-state index contributed by atoms with van der Waals surface area (Å²) in [7, 11) is 0. The predicted octanol–water partition coefficient (Wildman–Crippen LogP) is 6.49. The number of nitrogens with zero attached hydrogens (tertiary/aromatic N) is 1. The van der Waals surface area contributed by atoms with Gasteiger partial charge < -0.3 is 20.1 Å². The fourth-order valence-electron chi connectivity index (χ4n) is 5.92. The van der Waals surface area contributed by atoms with Gasteiger partial charge in [0.25, 0.3) is 0 Å². The maximum Gasteiger partial charge on any atom is 0.362 e. The Bertz CT molecular complexity index is 617. The molecular weight excluding hydrogens is 482 g/mol. The fraction of sp³-hybridized carbons (Fsp3) is 0.839. The molecule has 0 rings (SSSR count). The van der Waals surface area contributed by atoms with Crippen molar-refractivity contribution < 1.29 is 34.2 Å². The van der Waals surface area contributed by atoms with Crippen LogP contribution in [-0.4, -0.2) is 57.3 Å². The lowest BCUT2D eigenvalue weighted by Crippen LogP contribution is -2.74. The Labute approximate surface area is 232 Å². The molecule has 0 aliphatic rings. The van der Waals surface area contributed by atoms with E-state index in [1.807, 2.05) is 20.8 Å². The zero-order valence-corrected chi connectivity index (χ0v) is 24.8. The van der Waals surface area contributed by atoms with E-state index in [4.69, 9.17) is 0 Å². The van der Waals surface area contributed by atoms with Crippen molar-refractivity contribution in [3.63, 3.8) is 0 Å². The number of carboxylic acid groups (broad SMARTS) is 3. The molecule has 0 amide bonds. The minimum atomic E-state index is -1.34. The normalized spacial score (nSPS) is 15.7. The third-order valence-corrected chi connectivity index (χ3v) is 7.81. The Kier molecular flexibility index (Phi) is 20.9. The molecule has 0 fully saturated rings. The van der Waals surface area contributed by atoms with Gasteiger partial charge in [-0.1, -0.05) is 91.2 Å². The van der Waals surface area contributed by atoms with Gasteiger partial charge in [0.1, 0.15) is 6.04 Å². The van der Waals surface area contributed by atoms with Crippen molar-refractivity contribution in [1.29, 1.82) is 0 Å². The van der Waals surface area contributed by atoms with E-state index in [-0.39, 0.29) is 25.8 Å². The monoisotopic (exact) mass is 539 g/mol. The van der Waals surface area contributed by atoms with Gasteiger partial charge in [-0.3, -0.25) is 4.48 Å². The summed E-state index contributed by atoms with van der Waals surface area (Å²) in [6.45, 7) is 7.99. The summed E-state index contributed by atoms with van der Waals surface area (Å²) in [5, 5.41) is 32.9. The standard InChI is InChI=1S/C31H57NO6/c1-5-9-10-11-12-13-14-15-16-17-18-19-20-21-25-32(26(22-6-2)29(33)34,27(23-7-3)30(35)36)28(24-8-4)31(37)38/h10-11,26-28H,5-9,12-25H2,1-4H3,(H2-,33,34,35,36,37,38)/b11-10+. The summed E-state index contributed by atoms with van der Waals surface area (Å²) in [6, 6.07) is -3.32. The molecule has 0 aliphatic heterocycles. The Hall–Kier alpha value is -1.89. The molecular formula is C31H57NO6. The van der Waals surface area contributed by atoms with Crippen molar-refractivity contribution in [2.45, 2.75) is 161 Å². The fourth-order valence-corrected chi connectivity index (χ4v) is 5.92. The van der Waals surface area contributed by atoms with Crippen molar-refractivity contribution in [1.82, 2.24) is 0 Å². The molecule has 0 aliphatic carbocycles. The number of allylic oxidation sites excluding steroid dienone is 2. The highest BCUT2D eigenvalue weighted by Gasteiger charge is 2.54. The minimum Gasteiger partial charge on any atom is -0.544 e. The van der Waals surface area contributed by atoms with Gasteiger partial charge in [-0.2, -0.15) is 0 Å². The van der Waals surface area contributed by atoms with Gasteiger partial charge in [0.2, 0.25) is 0 Å². The Balaban J connectivity index is 5.32. The van der Waals surface area contributed by atoms with Crippen LogP contribution in [0.4, 0.5) is 0 Å². The SMILES string of the molecule is CCC/C=C/CCCCCCCCCCC[N+](C(CCC)C(=O)[O-])(C(CCC)C(=O)O)C(CCC)C(=O)O. The lowest BCUT2D eigenvalue weighted by atomic mass is 9.91. The zero-order chi connectivity index (χ0) is 28.8. The lowest BCUT2D eigenvalue weighted by molar-refractivity contribution is -0.975. The first-order chi connectivity index (χ1) is 18.2. The van der Waals surface area contributed by atoms with Crippen LogP contribution in [0.2, 0.25) is 0 Å². The number of hydrogen-bond acceptors (Lipinski definition) is 4. The second-order valence-electron chi connectivity index (χ2n) is 10.9. The number of hydrogen-bond donors (Lipinski definition) is 2. The highest BCUT2D eigenvalue weighted by molar-refractivity contribution is 5.77. The number of carbonyl (C=O) groups excluding carboxylic acids is 1. The van der Waals surface area contributed by atoms with Crippen molar-refractivity contribution in [2.75, 3.05) is 6.54 Å². The topological polar surface area (TPSA) is 115 Å². The summed E-state index contributed by atoms with van der Waals surface area (Å²) in [5.74, 6) is -3.56. The molecule has 2 N–H and O–H groups in total. The molecule has 0 saturated heterocycles. The summed E-state index contributed by atoms with van der Waals surface area (Å²) < 4.78 is -0.435. The van der Waals surface area contributed by atoms with E-state index in [0.29, 0.717) is 25.7 Å². The number of unbranched alkanes of at least 4 members (excludes halogenated alkanes) is 10. The smallest absolute Gasteiger partial charge is 0.362 e. The molecule has 0 heterocycles. The zero-order valence-electron chi connectivity index (χ0n) is 24.8. The van der Waals surface area contributed by atoms with E-state index in [0.717, 1.165) is 38.5 Å². The van der Waals surface area contributed by atoms with Crippen LogP contribution in [0.1, 0.15) is 143 Å². The molecule has 7 heteroatoms. The van der Waals surface area contributed by atoms with E-state index in [1.165, 1.54) is 32.1 Å². The van der Waals surface area contributed by atoms with Crippen LogP contribution in [-0.2, 0) is 14.4 Å². The van der Waals surface area contributed by atoms with Crippen LogP contribution >= 0.6 is 0 Å². The Morgan fingerprint density at radius 1 is 0.605 bits per heavy atom. The van der Waals surface area contributed by atoms with E-state index in [2.05, 4.69) is 19.1 Å². The molecule has 7 nitrogen and oxygen atoms in total. The summed E-state index contributed by atoms with van der Waals surface area (Å²) >= 11 is 0. The number of aliphatic carboxylic acids is 3. The van der Waals surface area contributed by atoms with Crippen molar-refractivity contribution >= 4 is 17.9 Å². The first kappa shape index (κ1) is 36.1. The summed E-state index contributed by atoms with van der Waals surface area (Å²) in [5.41, 5.74) is 0. The molecule has 222 valence electrons. The van der Waals surface area contributed by atoms with Crippen molar-refractivity contribution in [3.8, 4) is 0 Å². The largest absolute Gasteiger partial charge is 0.544 e. The number of carboxylic acids is 3. The van der Waals surface area contributed by atoms with Crippen LogP contribution in [0.5, 0.6) is 0 Å². The second kappa shape index (κ2) is 22.0. The third kappa shape index (κ3) is 12.8. The van der Waals surface area contributed by atoms with Crippen LogP contribution in [0.15, 0.2) is 12.2 Å². The van der Waals surface area contributed by atoms with E-state index >= 15 is 0 Å². The molecule has 0 bridgehead atoms. The number of carbonyl (C=O) groups is 3. The van der Waals surface area contributed by atoms with E-state index < -0.39 is 40.5 Å². The van der Waals surface area contributed by atoms with Gasteiger partial charge in [-0.05, 0) is 44.9 Å². The van der Waals surface area contributed by atoms with Gasteiger partial charge >= 0.3 is 11.9 Å². The molecule has 0 aromatic rings. The van der Waals surface area contributed by atoms with Crippen LogP contribution in [0.25, 0.3) is 0 Å². The Morgan fingerprint density at radius 2 is 1.00 bits per heavy atom. The van der Waals surface area contributed by atoms with Gasteiger partial charge in [-0.15, -0.1) is 0 Å². The van der Waals surface area contributed by atoms with E-state index in [1.54, 1.807) is 0 Å². The average Bonchev–Trinajstić information content (AvgIpc) is 2.87. The first-order valence-electron chi connectivity index (χ1n) is 15.4. The highest BCUT2D eigenvalue weighted by Crippen LogP contribution is 2.34. The molecule has 0 radical (unpaired) electrons. The highest BCUT2D eigenvalue weighted by atomic mass is 16.4. The molecule has 3 unspecified atom stereocenters. The van der Waals surface area contributed by atoms with E-state index in [9.17, 15) is 29.7 Å². The van der Waals surface area contributed by atoms with Crippen molar-refractivity contribution in [3.05, 3.63) is 12.2 Å². The molecule has 0 aromatic heterocycles. The maximum absolute atomic E-state index is 12.5. The third-order valence-electron chi connectivity index (χ3n) is 7.81. The number of rotatable bonds is 26. The molecule has 0 saturated carbocycles. The summed E-state index contributed by atoms with van der Waals surface area (Å²) in [4.78, 5) is 37.5. The molecule has 38 heavy (non-hydrogen) atoms. The molecule has 0 spiro atoms.